The van der Waals surface area contributed by atoms with Crippen LogP contribution in [0.4, 0.5) is 0 Å². The van der Waals surface area contributed by atoms with E-state index in [1.807, 2.05) is 48.5 Å². The van der Waals surface area contributed by atoms with Crippen molar-refractivity contribution in [2.45, 2.75) is 43.4 Å². The van der Waals surface area contributed by atoms with E-state index >= 15 is 0 Å². The van der Waals surface area contributed by atoms with E-state index in [0.717, 1.165) is 0 Å². The minimum absolute atomic E-state index is 0.00110. The highest BCUT2D eigenvalue weighted by molar-refractivity contribution is 9.11. The molecule has 2 fully saturated rings. The van der Waals surface area contributed by atoms with Crippen molar-refractivity contribution in [3.8, 4) is 0 Å². The number of cyclic esters (lactones) is 1. The van der Waals surface area contributed by atoms with E-state index in [2.05, 4.69) is 31.6 Å². The first kappa shape index (κ1) is 31.2. The van der Waals surface area contributed by atoms with Gasteiger partial charge in [-0.25, -0.2) is 4.68 Å². The van der Waals surface area contributed by atoms with E-state index < -0.39 is 60.1 Å². The van der Waals surface area contributed by atoms with Gasteiger partial charge in [0.1, 0.15) is 42.0 Å². The van der Waals surface area contributed by atoms with Crippen molar-refractivity contribution in [3.63, 3.8) is 0 Å². The lowest BCUT2D eigenvalue weighted by Crippen LogP contribution is -2.56. The number of nitrogens with zero attached hydrogens (tertiary/aromatic N) is 5. The number of hydrogen-bond acceptors (Lipinski definition) is 9. The number of likely N-dealkylation sites (tertiary alicyclic amines) is 1. The third-order valence-electron chi connectivity index (χ3n) is 9.25. The zero-order valence-corrected chi connectivity index (χ0v) is 26.9. The van der Waals surface area contributed by atoms with Crippen molar-refractivity contribution in [2.75, 3.05) is 26.2 Å². The van der Waals surface area contributed by atoms with Gasteiger partial charge in [-0.05, 0) is 30.2 Å². The number of amides is 3. The lowest BCUT2D eigenvalue weighted by Gasteiger charge is -2.35. The molecule has 1 aromatic heterocycles. The second-order valence-electron chi connectivity index (χ2n) is 12.0. The van der Waals surface area contributed by atoms with Gasteiger partial charge in [-0.15, -0.1) is 5.10 Å². The molecule has 0 radical (unpaired) electrons. The van der Waals surface area contributed by atoms with Crippen LogP contribution in [-0.4, -0.2) is 97.6 Å². The Morgan fingerprint density at radius 1 is 1.02 bits per heavy atom. The number of aromatic nitrogens is 3. The van der Waals surface area contributed by atoms with E-state index in [1.165, 1.54) is 9.80 Å². The van der Waals surface area contributed by atoms with Crippen LogP contribution < -0.4 is 5.32 Å². The number of β-amino-alcohol motifs (C(OH)–C–C–N with tert-alkyl or cyclic N) is 1. The highest BCUT2D eigenvalue weighted by Crippen LogP contribution is 2.59. The van der Waals surface area contributed by atoms with Crippen LogP contribution in [0.15, 0.2) is 77.3 Å². The van der Waals surface area contributed by atoms with Gasteiger partial charge in [0.2, 0.25) is 11.8 Å². The van der Waals surface area contributed by atoms with Crippen molar-refractivity contribution >= 4 is 50.7 Å². The zero-order chi connectivity index (χ0) is 32.7. The number of carbonyl (C=O) groups is 4. The average Bonchev–Trinajstić information content (AvgIpc) is 3.79. The predicted molar refractivity (Wildman–Crippen MR) is 170 cm³/mol. The Morgan fingerprint density at radius 2 is 1.81 bits per heavy atom. The van der Waals surface area contributed by atoms with Crippen molar-refractivity contribution in [1.82, 2.24) is 30.1 Å². The quantitative estimate of drug-likeness (QED) is 0.299. The highest BCUT2D eigenvalue weighted by atomic mass is 79.9. The number of ether oxygens (including phenoxy) is 2. The number of benzene rings is 2. The fraction of sp³-hybridized carbons (Fsp3) is 0.394. The molecule has 6 atom stereocenters. The summed E-state index contributed by atoms with van der Waals surface area (Å²) in [6.45, 7) is -0.368. The SMILES string of the molecule is O=C1CC/C=C\CN(Cn2nnc3ccccc32)C(=O)[C@@H]2N(CCO)C(=O)[C@H]3[C@H](C(=O)O[C@H](c4ccccc4)CN1)[C@H]1O[C@@]23C=C1Br. The molecular formula is C33H33BrN6O7. The van der Waals surface area contributed by atoms with Crippen LogP contribution in [-0.2, 0) is 35.3 Å². The van der Waals surface area contributed by atoms with E-state index in [4.69, 9.17) is 9.47 Å². The molecule has 5 bridgehead atoms. The van der Waals surface area contributed by atoms with Crippen LogP contribution in [0.2, 0.25) is 0 Å². The van der Waals surface area contributed by atoms with E-state index in [9.17, 15) is 24.3 Å². The molecule has 7 rings (SSSR count). The molecule has 13 nitrogen and oxygen atoms in total. The zero-order valence-electron chi connectivity index (χ0n) is 25.3. The molecule has 244 valence electrons. The maximum atomic E-state index is 14.7. The smallest absolute Gasteiger partial charge is 0.313 e. The first-order valence-electron chi connectivity index (χ1n) is 15.5. The van der Waals surface area contributed by atoms with Crippen molar-refractivity contribution in [2.24, 2.45) is 11.8 Å². The van der Waals surface area contributed by atoms with Crippen LogP contribution >= 0.6 is 15.9 Å². The molecule has 0 saturated carbocycles. The number of fused-ring (bicyclic) bond motifs is 3. The van der Waals surface area contributed by atoms with Gasteiger partial charge in [0.05, 0.1) is 24.6 Å². The minimum atomic E-state index is -1.49. The first-order chi connectivity index (χ1) is 22.8. The number of aliphatic hydroxyl groups is 1. The Kier molecular flexibility index (Phi) is 8.41. The van der Waals surface area contributed by atoms with Gasteiger partial charge in [0.15, 0.2) is 0 Å². The van der Waals surface area contributed by atoms with Gasteiger partial charge in [0, 0.05) is 24.0 Å². The Balaban J connectivity index is 1.30. The second kappa shape index (κ2) is 12.7. The molecule has 47 heavy (non-hydrogen) atoms. The summed E-state index contributed by atoms with van der Waals surface area (Å²) in [5.74, 6) is -3.99. The summed E-state index contributed by atoms with van der Waals surface area (Å²) >= 11 is 3.55. The molecule has 2 aromatic carbocycles. The first-order valence-corrected chi connectivity index (χ1v) is 16.3. The summed E-state index contributed by atoms with van der Waals surface area (Å²) in [6, 6.07) is 15.2. The number of nitrogens with one attached hydrogen (secondary N) is 1. The molecule has 4 aliphatic heterocycles. The van der Waals surface area contributed by atoms with Crippen LogP contribution in [0, 0.1) is 11.8 Å². The normalized spacial score (nSPS) is 30.3. The molecule has 4 aliphatic rings. The van der Waals surface area contributed by atoms with Crippen LogP contribution in [0.1, 0.15) is 24.5 Å². The van der Waals surface area contributed by atoms with Gasteiger partial charge in [0.25, 0.3) is 5.91 Å². The van der Waals surface area contributed by atoms with Crippen LogP contribution in [0.5, 0.6) is 0 Å². The molecular weight excluding hydrogens is 672 g/mol. The number of halogens is 1. The van der Waals surface area contributed by atoms with E-state index in [0.29, 0.717) is 27.5 Å². The number of aliphatic hydroxyl groups excluding tert-OH is 1. The van der Waals surface area contributed by atoms with Gasteiger partial charge < -0.3 is 29.7 Å². The summed E-state index contributed by atoms with van der Waals surface area (Å²) < 4.78 is 14.7. The fourth-order valence-corrected chi connectivity index (χ4v) is 7.87. The third kappa shape index (κ3) is 5.43. The monoisotopic (exact) mass is 704 g/mol. The summed E-state index contributed by atoms with van der Waals surface area (Å²) in [5.41, 5.74) is 0.555. The third-order valence-corrected chi connectivity index (χ3v) is 9.93. The fourth-order valence-electron chi connectivity index (χ4n) is 7.13. The molecule has 5 heterocycles. The standard InChI is InChI=1S/C33H33BrN6O7/c34-21-17-33-27-26(28(21)47-33)32(45)46-24(20-9-3-1-4-10-20)18-35-25(42)13-5-2-8-14-38(31(44)29(33)39(15-16-41)30(27)43)19-40-23-12-7-6-11-22(23)36-37-40/h1-4,6-12,17,24,26-29,41H,5,13-16,18-19H2,(H,35,42)/b8-2-/t24-,26-,27+,28-,29-,33+/m0/s1. The number of rotatable bonds is 5. The summed E-state index contributed by atoms with van der Waals surface area (Å²) in [7, 11) is 0. The predicted octanol–water partition coefficient (Wildman–Crippen LogP) is 1.83. The maximum Gasteiger partial charge on any atom is 0.313 e. The van der Waals surface area contributed by atoms with Gasteiger partial charge >= 0.3 is 5.97 Å². The molecule has 2 N–H and O–H groups in total. The Hall–Kier alpha value is -4.40. The molecule has 0 unspecified atom stereocenters. The number of hydrogen-bond donors (Lipinski definition) is 2. The summed E-state index contributed by atoms with van der Waals surface area (Å²) in [4.78, 5) is 58.7. The molecule has 2 saturated heterocycles. The topological polar surface area (TPSA) is 156 Å². The lowest BCUT2D eigenvalue weighted by molar-refractivity contribution is -0.160. The van der Waals surface area contributed by atoms with Gasteiger partial charge in [-0.2, -0.15) is 0 Å². The van der Waals surface area contributed by atoms with Gasteiger partial charge in [-0.1, -0.05) is 75.8 Å². The lowest BCUT2D eigenvalue weighted by atomic mass is 9.74. The Labute approximate surface area is 278 Å². The average molecular weight is 706 g/mol. The second-order valence-corrected chi connectivity index (χ2v) is 12.9. The van der Waals surface area contributed by atoms with Gasteiger partial charge in [-0.3, -0.25) is 19.2 Å². The number of para-hydroxylation sites is 1. The van der Waals surface area contributed by atoms with E-state index in [-0.39, 0.29) is 38.6 Å². The minimum Gasteiger partial charge on any atom is -0.455 e. The highest BCUT2D eigenvalue weighted by Gasteiger charge is 2.75. The van der Waals surface area contributed by atoms with Crippen molar-refractivity contribution in [3.05, 3.63) is 82.9 Å². The molecule has 0 aliphatic carbocycles. The summed E-state index contributed by atoms with van der Waals surface area (Å²) in [5, 5.41) is 21.4. The molecule has 1 spiro atoms. The molecule has 14 heteroatoms. The Morgan fingerprint density at radius 3 is 2.62 bits per heavy atom. The van der Waals surface area contributed by atoms with Crippen LogP contribution in [0.3, 0.4) is 0 Å². The summed E-state index contributed by atoms with van der Waals surface area (Å²) in [6.07, 6.45) is 4.24. The largest absolute Gasteiger partial charge is 0.455 e. The molecule has 3 aromatic rings. The molecule has 3 amide bonds. The van der Waals surface area contributed by atoms with Crippen molar-refractivity contribution in [1.29, 1.82) is 0 Å². The Bertz CT molecular complexity index is 1780. The number of esters is 1. The number of carbonyl (C=O) groups excluding carboxylic acids is 4. The van der Waals surface area contributed by atoms with E-state index in [1.54, 1.807) is 29.0 Å². The van der Waals surface area contributed by atoms with Crippen LogP contribution in [0.25, 0.3) is 11.0 Å². The number of allylic oxidation sites excluding steroid dienone is 1. The van der Waals surface area contributed by atoms with Crippen molar-refractivity contribution < 1.29 is 33.8 Å². The maximum absolute atomic E-state index is 14.7.